The van der Waals surface area contributed by atoms with Crippen LogP contribution in [-0.2, 0) is 11.2 Å². The number of hydrogen-bond donors (Lipinski definition) is 2. The number of hydrazine groups is 1. The lowest BCUT2D eigenvalue weighted by atomic mass is 9.94. The largest absolute Gasteiger partial charge is 0.496 e. The SMILES string of the molecule is COc1c(C)cnc(CC(CC(C)(C)OC)NN)c1C. The van der Waals surface area contributed by atoms with E-state index in [1.165, 1.54) is 0 Å². The van der Waals surface area contributed by atoms with Crippen molar-refractivity contribution in [1.82, 2.24) is 10.4 Å². The van der Waals surface area contributed by atoms with Gasteiger partial charge in [-0.3, -0.25) is 16.3 Å². The van der Waals surface area contributed by atoms with Gasteiger partial charge in [-0.1, -0.05) is 0 Å². The molecule has 0 aromatic carbocycles. The molecule has 20 heavy (non-hydrogen) atoms. The molecule has 1 unspecified atom stereocenters. The molecule has 1 atom stereocenters. The van der Waals surface area contributed by atoms with E-state index < -0.39 is 0 Å². The average molecular weight is 281 g/mol. The Morgan fingerprint density at radius 3 is 2.50 bits per heavy atom. The van der Waals surface area contributed by atoms with Crippen molar-refractivity contribution in [3.05, 3.63) is 23.0 Å². The highest BCUT2D eigenvalue weighted by atomic mass is 16.5. The molecule has 0 amide bonds. The summed E-state index contributed by atoms with van der Waals surface area (Å²) < 4.78 is 10.9. The number of ether oxygens (including phenoxy) is 2. The van der Waals surface area contributed by atoms with E-state index in [0.29, 0.717) is 0 Å². The average Bonchev–Trinajstić information content (AvgIpc) is 2.41. The molecule has 5 nitrogen and oxygen atoms in total. The Kier molecular flexibility index (Phi) is 5.92. The van der Waals surface area contributed by atoms with Crippen molar-refractivity contribution >= 4 is 0 Å². The van der Waals surface area contributed by atoms with Crippen molar-refractivity contribution in [2.45, 2.75) is 52.2 Å². The molecule has 3 N–H and O–H groups in total. The second-order valence-electron chi connectivity index (χ2n) is 5.78. The molecule has 0 saturated heterocycles. The Balaban J connectivity index is 2.91. The summed E-state index contributed by atoms with van der Waals surface area (Å²) in [4.78, 5) is 4.51. The van der Waals surface area contributed by atoms with Gasteiger partial charge < -0.3 is 9.47 Å². The third-order valence-electron chi connectivity index (χ3n) is 3.72. The van der Waals surface area contributed by atoms with E-state index in [-0.39, 0.29) is 11.6 Å². The van der Waals surface area contributed by atoms with E-state index in [1.807, 2.05) is 33.9 Å². The summed E-state index contributed by atoms with van der Waals surface area (Å²) in [6.07, 6.45) is 3.39. The van der Waals surface area contributed by atoms with Crippen molar-refractivity contribution < 1.29 is 9.47 Å². The van der Waals surface area contributed by atoms with Crippen molar-refractivity contribution in [2.75, 3.05) is 14.2 Å². The molecule has 0 aliphatic carbocycles. The first-order valence-electron chi connectivity index (χ1n) is 6.85. The number of aromatic nitrogens is 1. The Hall–Kier alpha value is -1.17. The minimum atomic E-state index is -0.222. The minimum Gasteiger partial charge on any atom is -0.496 e. The van der Waals surface area contributed by atoms with E-state index in [4.69, 9.17) is 15.3 Å². The van der Waals surface area contributed by atoms with Gasteiger partial charge in [0.2, 0.25) is 0 Å². The summed E-state index contributed by atoms with van der Waals surface area (Å²) in [7, 11) is 3.40. The number of methoxy groups -OCH3 is 2. The van der Waals surface area contributed by atoms with Gasteiger partial charge in [0.15, 0.2) is 0 Å². The first-order valence-corrected chi connectivity index (χ1v) is 6.85. The summed E-state index contributed by atoms with van der Waals surface area (Å²) in [6.45, 7) is 8.12. The maximum atomic E-state index is 5.67. The molecule has 0 aliphatic rings. The topological polar surface area (TPSA) is 69.4 Å². The molecular formula is C15H27N3O2. The number of pyridine rings is 1. The van der Waals surface area contributed by atoms with Crippen LogP contribution < -0.4 is 16.0 Å². The smallest absolute Gasteiger partial charge is 0.128 e. The van der Waals surface area contributed by atoms with Crippen LogP contribution in [0.4, 0.5) is 0 Å². The van der Waals surface area contributed by atoms with E-state index in [2.05, 4.69) is 10.4 Å². The van der Waals surface area contributed by atoms with Crippen molar-refractivity contribution in [2.24, 2.45) is 5.84 Å². The summed E-state index contributed by atoms with van der Waals surface area (Å²) in [5, 5.41) is 0. The molecule has 5 heteroatoms. The van der Waals surface area contributed by atoms with E-state index in [1.54, 1.807) is 14.2 Å². The minimum absolute atomic E-state index is 0.101. The molecule has 0 spiro atoms. The van der Waals surface area contributed by atoms with Gasteiger partial charge in [0.1, 0.15) is 5.75 Å². The summed E-state index contributed by atoms with van der Waals surface area (Å²) in [6, 6.07) is 0.101. The van der Waals surface area contributed by atoms with Crippen LogP contribution in [0.15, 0.2) is 6.20 Å². The van der Waals surface area contributed by atoms with Gasteiger partial charge in [-0.15, -0.1) is 0 Å². The first-order chi connectivity index (χ1) is 9.34. The number of nitrogens with one attached hydrogen (secondary N) is 1. The lowest BCUT2D eigenvalue weighted by molar-refractivity contribution is 0.00702. The summed E-state index contributed by atoms with van der Waals surface area (Å²) in [5.41, 5.74) is 5.76. The van der Waals surface area contributed by atoms with Gasteiger partial charge in [-0.2, -0.15) is 0 Å². The number of nitrogens with two attached hydrogens (primary N) is 1. The fraction of sp³-hybridized carbons (Fsp3) is 0.667. The third kappa shape index (κ3) is 4.16. The molecule has 1 aromatic heterocycles. The Bertz CT molecular complexity index is 447. The predicted molar refractivity (Wildman–Crippen MR) is 80.8 cm³/mol. The zero-order chi connectivity index (χ0) is 15.3. The number of aryl methyl sites for hydroxylation is 1. The van der Waals surface area contributed by atoms with Crippen LogP contribution in [0.1, 0.15) is 37.1 Å². The second-order valence-corrected chi connectivity index (χ2v) is 5.78. The highest BCUT2D eigenvalue weighted by Gasteiger charge is 2.23. The second kappa shape index (κ2) is 7.02. The maximum absolute atomic E-state index is 5.67. The van der Waals surface area contributed by atoms with E-state index in [0.717, 1.165) is 35.4 Å². The van der Waals surface area contributed by atoms with Crippen molar-refractivity contribution in [1.29, 1.82) is 0 Å². The monoisotopic (exact) mass is 281 g/mol. The zero-order valence-electron chi connectivity index (χ0n) is 13.4. The maximum Gasteiger partial charge on any atom is 0.128 e. The van der Waals surface area contributed by atoms with Crippen LogP contribution in [0.3, 0.4) is 0 Å². The Morgan fingerprint density at radius 1 is 1.35 bits per heavy atom. The van der Waals surface area contributed by atoms with Crippen LogP contribution in [0.25, 0.3) is 0 Å². The number of nitrogens with zero attached hydrogens (tertiary/aromatic N) is 1. The molecule has 1 aromatic rings. The molecule has 0 fully saturated rings. The summed E-state index contributed by atoms with van der Waals surface area (Å²) >= 11 is 0. The number of rotatable bonds is 7. The first kappa shape index (κ1) is 16.9. The highest BCUT2D eigenvalue weighted by Crippen LogP contribution is 2.26. The fourth-order valence-electron chi connectivity index (χ4n) is 2.38. The third-order valence-corrected chi connectivity index (χ3v) is 3.72. The normalized spacial score (nSPS) is 13.3. The van der Waals surface area contributed by atoms with Gasteiger partial charge in [-0.25, -0.2) is 0 Å². The highest BCUT2D eigenvalue weighted by molar-refractivity contribution is 5.41. The quantitative estimate of drug-likeness (QED) is 0.590. The van der Waals surface area contributed by atoms with Gasteiger partial charge >= 0.3 is 0 Å². The zero-order valence-corrected chi connectivity index (χ0v) is 13.4. The molecule has 1 rings (SSSR count). The molecule has 0 bridgehead atoms. The number of hydrogen-bond acceptors (Lipinski definition) is 5. The van der Waals surface area contributed by atoms with Gasteiger partial charge in [0, 0.05) is 42.6 Å². The van der Waals surface area contributed by atoms with Crippen LogP contribution in [0.2, 0.25) is 0 Å². The molecule has 0 aliphatic heterocycles. The van der Waals surface area contributed by atoms with Gasteiger partial charge in [-0.05, 0) is 34.1 Å². The molecular weight excluding hydrogens is 254 g/mol. The van der Waals surface area contributed by atoms with Gasteiger partial charge in [0.05, 0.1) is 12.7 Å². The van der Waals surface area contributed by atoms with Gasteiger partial charge in [0.25, 0.3) is 0 Å². The predicted octanol–water partition coefficient (Wildman–Crippen LogP) is 1.90. The molecule has 0 radical (unpaired) electrons. The standard InChI is InChI=1S/C15H27N3O2/c1-10-9-17-13(11(2)14(10)19-5)7-12(18-16)8-15(3,4)20-6/h9,12,18H,7-8,16H2,1-6H3. The lowest BCUT2D eigenvalue weighted by Crippen LogP contribution is -2.42. The molecule has 0 saturated carbocycles. The van der Waals surface area contributed by atoms with Crippen molar-refractivity contribution in [3.8, 4) is 5.75 Å². The van der Waals surface area contributed by atoms with Crippen LogP contribution in [-0.4, -0.2) is 30.8 Å². The van der Waals surface area contributed by atoms with E-state index >= 15 is 0 Å². The Morgan fingerprint density at radius 2 is 2.00 bits per heavy atom. The van der Waals surface area contributed by atoms with E-state index in [9.17, 15) is 0 Å². The fourth-order valence-corrected chi connectivity index (χ4v) is 2.38. The van der Waals surface area contributed by atoms with Crippen LogP contribution >= 0.6 is 0 Å². The van der Waals surface area contributed by atoms with Crippen LogP contribution in [0.5, 0.6) is 5.75 Å². The molecule has 114 valence electrons. The van der Waals surface area contributed by atoms with Crippen molar-refractivity contribution in [3.63, 3.8) is 0 Å². The molecule has 1 heterocycles. The summed E-state index contributed by atoms with van der Waals surface area (Å²) in [5.74, 6) is 6.57. The van der Waals surface area contributed by atoms with Crippen LogP contribution in [0, 0.1) is 13.8 Å². The lowest BCUT2D eigenvalue weighted by Gasteiger charge is -2.28. The Labute approximate surface area is 121 Å².